The summed E-state index contributed by atoms with van der Waals surface area (Å²) in [6.07, 6.45) is 0. The second-order valence-electron chi connectivity index (χ2n) is 4.53. The average molecular weight is 307 g/mol. The molecular formula is C15H16BClO4. The van der Waals surface area contributed by atoms with Crippen LogP contribution < -0.4 is 10.2 Å². The summed E-state index contributed by atoms with van der Waals surface area (Å²) in [5.41, 5.74) is 2.05. The van der Waals surface area contributed by atoms with Gasteiger partial charge in [0.05, 0.1) is 20.3 Å². The van der Waals surface area contributed by atoms with E-state index in [0.717, 1.165) is 11.1 Å². The molecule has 0 bridgehead atoms. The van der Waals surface area contributed by atoms with Gasteiger partial charge in [0.25, 0.3) is 0 Å². The van der Waals surface area contributed by atoms with E-state index in [-0.39, 0.29) is 0 Å². The number of ether oxygens (including phenoxy) is 2. The van der Waals surface area contributed by atoms with Gasteiger partial charge >= 0.3 is 7.12 Å². The zero-order valence-corrected chi connectivity index (χ0v) is 12.4. The summed E-state index contributed by atoms with van der Waals surface area (Å²) in [5, 5.41) is 19.3. The minimum absolute atomic E-state index is 0.316. The van der Waals surface area contributed by atoms with Crippen LogP contribution in [0.4, 0.5) is 0 Å². The maximum Gasteiger partial charge on any atom is 0.492 e. The lowest BCUT2D eigenvalue weighted by Gasteiger charge is -2.11. The van der Waals surface area contributed by atoms with Gasteiger partial charge in [-0.2, -0.15) is 0 Å². The van der Waals surface area contributed by atoms with Crippen molar-refractivity contribution in [3.05, 3.63) is 58.6 Å². The van der Waals surface area contributed by atoms with Crippen molar-refractivity contribution in [2.75, 3.05) is 7.11 Å². The van der Waals surface area contributed by atoms with Gasteiger partial charge in [0.2, 0.25) is 0 Å². The molecule has 0 radical (unpaired) electrons. The van der Waals surface area contributed by atoms with Crippen LogP contribution in [0.1, 0.15) is 11.1 Å². The van der Waals surface area contributed by atoms with Crippen molar-refractivity contribution < 1.29 is 19.5 Å². The van der Waals surface area contributed by atoms with Crippen LogP contribution in [-0.2, 0) is 18.0 Å². The van der Waals surface area contributed by atoms with Crippen LogP contribution in [0, 0.1) is 0 Å². The first-order valence-electron chi connectivity index (χ1n) is 6.46. The first-order valence-corrected chi connectivity index (χ1v) is 6.83. The molecule has 2 N–H and O–H groups in total. The van der Waals surface area contributed by atoms with E-state index in [1.807, 2.05) is 30.3 Å². The predicted molar refractivity (Wildman–Crippen MR) is 82.8 cm³/mol. The second kappa shape index (κ2) is 7.47. The van der Waals surface area contributed by atoms with E-state index in [2.05, 4.69) is 0 Å². The third-order valence-electron chi connectivity index (χ3n) is 3.06. The minimum Gasteiger partial charge on any atom is -0.497 e. The topological polar surface area (TPSA) is 58.9 Å². The van der Waals surface area contributed by atoms with Crippen LogP contribution in [0.5, 0.6) is 5.75 Å². The standard InChI is InChI=1S/C15H16BClO4/c1-20-15-7-6-11(8-13(15)16(18)19)9-21-10-12-4-2-3-5-14(12)17/h2-8,18-19H,9-10H2,1H3. The normalized spacial score (nSPS) is 10.5. The molecule has 4 nitrogen and oxygen atoms in total. The van der Waals surface area contributed by atoms with E-state index in [1.54, 1.807) is 12.1 Å². The van der Waals surface area contributed by atoms with E-state index in [0.29, 0.717) is 29.4 Å². The Kier molecular flexibility index (Phi) is 5.64. The number of hydrogen-bond donors (Lipinski definition) is 2. The number of methoxy groups -OCH3 is 1. The lowest BCUT2D eigenvalue weighted by molar-refractivity contribution is 0.107. The Morgan fingerprint density at radius 2 is 1.86 bits per heavy atom. The molecule has 0 aliphatic heterocycles. The first kappa shape index (κ1) is 15.9. The van der Waals surface area contributed by atoms with Crippen LogP contribution in [-0.4, -0.2) is 24.3 Å². The lowest BCUT2D eigenvalue weighted by atomic mass is 9.79. The van der Waals surface area contributed by atoms with Crippen molar-refractivity contribution in [2.45, 2.75) is 13.2 Å². The van der Waals surface area contributed by atoms with Gasteiger partial charge in [-0.25, -0.2) is 0 Å². The van der Waals surface area contributed by atoms with Crippen molar-refractivity contribution in [2.24, 2.45) is 0 Å². The summed E-state index contributed by atoms with van der Waals surface area (Å²) in [6.45, 7) is 0.734. The van der Waals surface area contributed by atoms with Crippen molar-refractivity contribution in [3.63, 3.8) is 0 Å². The number of hydrogen-bond acceptors (Lipinski definition) is 4. The monoisotopic (exact) mass is 306 g/mol. The van der Waals surface area contributed by atoms with Crippen molar-refractivity contribution in [1.29, 1.82) is 0 Å². The second-order valence-corrected chi connectivity index (χ2v) is 4.94. The smallest absolute Gasteiger partial charge is 0.492 e. The molecule has 2 aromatic carbocycles. The van der Waals surface area contributed by atoms with Gasteiger partial charge in [-0.3, -0.25) is 0 Å². The Morgan fingerprint density at radius 1 is 1.10 bits per heavy atom. The molecule has 2 aromatic rings. The Balaban J connectivity index is 2.00. The number of benzene rings is 2. The van der Waals surface area contributed by atoms with E-state index in [4.69, 9.17) is 21.1 Å². The van der Waals surface area contributed by atoms with Gasteiger partial charge in [-0.1, -0.05) is 41.9 Å². The van der Waals surface area contributed by atoms with Gasteiger partial charge in [0.15, 0.2) is 0 Å². The van der Waals surface area contributed by atoms with Crippen LogP contribution in [0.3, 0.4) is 0 Å². The van der Waals surface area contributed by atoms with E-state index in [9.17, 15) is 10.0 Å². The maximum atomic E-state index is 9.32. The van der Waals surface area contributed by atoms with Gasteiger partial charge in [-0.05, 0) is 23.3 Å². The molecule has 0 atom stereocenters. The van der Waals surface area contributed by atoms with Crippen molar-refractivity contribution in [3.8, 4) is 5.75 Å². The quantitative estimate of drug-likeness (QED) is 0.798. The highest BCUT2D eigenvalue weighted by atomic mass is 35.5. The zero-order valence-electron chi connectivity index (χ0n) is 11.6. The van der Waals surface area contributed by atoms with Crippen LogP contribution >= 0.6 is 11.6 Å². The molecule has 0 saturated carbocycles. The molecule has 0 unspecified atom stereocenters. The largest absolute Gasteiger partial charge is 0.497 e. The Labute approximate surface area is 129 Å². The summed E-state index contributed by atoms with van der Waals surface area (Å²) < 4.78 is 10.7. The van der Waals surface area contributed by atoms with Crippen molar-refractivity contribution >= 4 is 24.2 Å². The van der Waals surface area contributed by atoms with Gasteiger partial charge in [0, 0.05) is 10.5 Å². The van der Waals surface area contributed by atoms with Crippen molar-refractivity contribution in [1.82, 2.24) is 0 Å². The SMILES string of the molecule is COc1ccc(COCc2ccccc2Cl)cc1B(O)O. The molecule has 0 aromatic heterocycles. The summed E-state index contributed by atoms with van der Waals surface area (Å²) in [4.78, 5) is 0. The molecule has 0 heterocycles. The molecular weight excluding hydrogens is 290 g/mol. The minimum atomic E-state index is -1.58. The molecule has 0 saturated heterocycles. The van der Waals surface area contributed by atoms with E-state index < -0.39 is 7.12 Å². The summed E-state index contributed by atoms with van der Waals surface area (Å²) in [5.74, 6) is 0.430. The Morgan fingerprint density at radius 3 is 2.52 bits per heavy atom. The number of rotatable bonds is 6. The molecule has 0 fully saturated rings. The Bertz CT molecular complexity index is 604. The van der Waals surface area contributed by atoms with Crippen LogP contribution in [0.15, 0.2) is 42.5 Å². The molecule has 6 heteroatoms. The zero-order chi connectivity index (χ0) is 15.2. The van der Waals surface area contributed by atoms with Gasteiger partial charge in [0.1, 0.15) is 5.75 Å². The Hall–Kier alpha value is -1.53. The fourth-order valence-electron chi connectivity index (χ4n) is 1.97. The predicted octanol–water partition coefficient (Wildman–Crippen LogP) is 1.75. The molecule has 21 heavy (non-hydrogen) atoms. The van der Waals surface area contributed by atoms with E-state index >= 15 is 0 Å². The first-order chi connectivity index (χ1) is 10.1. The molecule has 110 valence electrons. The lowest BCUT2D eigenvalue weighted by Crippen LogP contribution is -2.31. The maximum absolute atomic E-state index is 9.32. The van der Waals surface area contributed by atoms with Gasteiger partial charge in [-0.15, -0.1) is 0 Å². The third-order valence-corrected chi connectivity index (χ3v) is 3.43. The highest BCUT2D eigenvalue weighted by Gasteiger charge is 2.17. The summed E-state index contributed by atoms with van der Waals surface area (Å²) >= 11 is 6.05. The fraction of sp³-hybridized carbons (Fsp3) is 0.200. The molecule has 0 aliphatic carbocycles. The molecule has 2 rings (SSSR count). The number of halogens is 1. The summed E-state index contributed by atoms with van der Waals surface area (Å²) in [7, 11) is -0.0992. The highest BCUT2D eigenvalue weighted by molar-refractivity contribution is 6.59. The molecule has 0 amide bonds. The van der Waals surface area contributed by atoms with Crippen LogP contribution in [0.25, 0.3) is 0 Å². The molecule has 0 aliphatic rings. The fourth-order valence-corrected chi connectivity index (χ4v) is 2.16. The van der Waals surface area contributed by atoms with Crippen LogP contribution in [0.2, 0.25) is 5.02 Å². The highest BCUT2D eigenvalue weighted by Crippen LogP contribution is 2.17. The average Bonchev–Trinajstić information content (AvgIpc) is 2.49. The summed E-state index contributed by atoms with van der Waals surface area (Å²) in [6, 6.07) is 12.6. The third kappa shape index (κ3) is 4.22. The van der Waals surface area contributed by atoms with E-state index in [1.165, 1.54) is 7.11 Å². The van der Waals surface area contributed by atoms with Gasteiger partial charge < -0.3 is 19.5 Å². The molecule has 0 spiro atoms.